The SMILES string of the molecule is CCCCN(c1cc(NN)nc(COC)n1)C(C)CC. The van der Waals surface area contributed by atoms with Crippen molar-refractivity contribution in [3.8, 4) is 0 Å². The van der Waals surface area contributed by atoms with E-state index in [2.05, 4.69) is 41.1 Å². The fraction of sp³-hybridized carbons (Fsp3) is 0.714. The van der Waals surface area contributed by atoms with Crippen LogP contribution in [0, 0.1) is 0 Å². The lowest BCUT2D eigenvalue weighted by Crippen LogP contribution is -2.34. The number of nitrogens with zero attached hydrogens (tertiary/aromatic N) is 3. The standard InChI is InChI=1S/C14H27N5O/c1-5-7-8-19(11(3)6-2)14-9-12(18-15)16-13(17-14)10-20-4/h9,11H,5-8,10,15H2,1-4H3,(H,16,17,18). The van der Waals surface area contributed by atoms with Gasteiger partial charge in [0.15, 0.2) is 5.82 Å². The van der Waals surface area contributed by atoms with E-state index >= 15 is 0 Å². The van der Waals surface area contributed by atoms with Crippen molar-refractivity contribution in [2.75, 3.05) is 24.0 Å². The molecule has 0 aliphatic carbocycles. The first-order chi connectivity index (χ1) is 9.65. The maximum atomic E-state index is 5.49. The summed E-state index contributed by atoms with van der Waals surface area (Å²) in [5.74, 6) is 7.66. The van der Waals surface area contributed by atoms with Gasteiger partial charge in [-0.05, 0) is 19.8 Å². The summed E-state index contributed by atoms with van der Waals surface area (Å²) in [5, 5.41) is 0. The molecule has 1 unspecified atom stereocenters. The van der Waals surface area contributed by atoms with Gasteiger partial charge in [-0.1, -0.05) is 20.3 Å². The number of hydrogen-bond donors (Lipinski definition) is 2. The number of hydrazine groups is 1. The minimum Gasteiger partial charge on any atom is -0.377 e. The molecule has 3 N–H and O–H groups in total. The number of nitrogens with one attached hydrogen (secondary N) is 1. The summed E-state index contributed by atoms with van der Waals surface area (Å²) in [5.41, 5.74) is 2.60. The monoisotopic (exact) mass is 281 g/mol. The zero-order valence-electron chi connectivity index (χ0n) is 13.0. The Morgan fingerprint density at radius 1 is 1.40 bits per heavy atom. The molecule has 1 aromatic heterocycles. The molecule has 114 valence electrons. The van der Waals surface area contributed by atoms with E-state index in [1.807, 2.05) is 6.07 Å². The molecule has 1 aromatic rings. The summed E-state index contributed by atoms with van der Waals surface area (Å²) in [6, 6.07) is 2.32. The molecule has 0 fully saturated rings. The first-order valence-electron chi connectivity index (χ1n) is 7.26. The van der Waals surface area contributed by atoms with Gasteiger partial charge < -0.3 is 15.1 Å². The number of ether oxygens (including phenoxy) is 1. The Morgan fingerprint density at radius 2 is 2.15 bits per heavy atom. The van der Waals surface area contributed by atoms with Crippen molar-refractivity contribution in [2.24, 2.45) is 5.84 Å². The summed E-state index contributed by atoms with van der Waals surface area (Å²) in [6.45, 7) is 7.95. The van der Waals surface area contributed by atoms with Crippen molar-refractivity contribution < 1.29 is 4.74 Å². The number of aromatic nitrogens is 2. The topological polar surface area (TPSA) is 76.3 Å². The molecule has 1 rings (SSSR count). The van der Waals surface area contributed by atoms with Gasteiger partial charge >= 0.3 is 0 Å². The van der Waals surface area contributed by atoms with E-state index in [0.29, 0.717) is 24.3 Å². The molecule has 0 saturated heterocycles. The van der Waals surface area contributed by atoms with Crippen molar-refractivity contribution in [3.63, 3.8) is 0 Å². The van der Waals surface area contributed by atoms with Gasteiger partial charge in [0.1, 0.15) is 18.2 Å². The van der Waals surface area contributed by atoms with Crippen molar-refractivity contribution in [1.82, 2.24) is 9.97 Å². The maximum absolute atomic E-state index is 5.49. The Kier molecular flexibility index (Phi) is 7.25. The number of nitrogens with two attached hydrogens (primary N) is 1. The average molecular weight is 281 g/mol. The summed E-state index contributed by atoms with van der Waals surface area (Å²) < 4.78 is 5.12. The fourth-order valence-electron chi connectivity index (χ4n) is 2.01. The molecule has 0 amide bonds. The van der Waals surface area contributed by atoms with Gasteiger partial charge in [0.25, 0.3) is 0 Å². The van der Waals surface area contributed by atoms with E-state index in [1.165, 1.54) is 0 Å². The molecule has 0 aliphatic heterocycles. The Balaban J connectivity index is 3.06. The number of anilines is 2. The second-order valence-electron chi connectivity index (χ2n) is 4.91. The van der Waals surface area contributed by atoms with Gasteiger partial charge in [0, 0.05) is 25.8 Å². The number of hydrogen-bond acceptors (Lipinski definition) is 6. The highest BCUT2D eigenvalue weighted by Gasteiger charge is 2.16. The number of nitrogen functional groups attached to an aromatic ring is 1. The lowest BCUT2D eigenvalue weighted by Gasteiger charge is -2.30. The molecule has 0 saturated carbocycles. The summed E-state index contributed by atoms with van der Waals surface area (Å²) >= 11 is 0. The van der Waals surface area contributed by atoms with E-state index in [9.17, 15) is 0 Å². The van der Waals surface area contributed by atoms with Crippen LogP contribution in [0.2, 0.25) is 0 Å². The highest BCUT2D eigenvalue weighted by molar-refractivity contribution is 5.49. The lowest BCUT2D eigenvalue weighted by molar-refractivity contribution is 0.178. The van der Waals surface area contributed by atoms with Crippen LogP contribution >= 0.6 is 0 Å². The van der Waals surface area contributed by atoms with Crippen LogP contribution in [0.1, 0.15) is 45.9 Å². The molecule has 0 aromatic carbocycles. The van der Waals surface area contributed by atoms with Gasteiger partial charge in [0.05, 0.1) is 0 Å². The fourth-order valence-corrected chi connectivity index (χ4v) is 2.01. The minimum atomic E-state index is 0.380. The van der Waals surface area contributed by atoms with Crippen LogP contribution in [-0.2, 0) is 11.3 Å². The second-order valence-corrected chi connectivity index (χ2v) is 4.91. The summed E-state index contributed by atoms with van der Waals surface area (Å²) in [7, 11) is 1.63. The largest absolute Gasteiger partial charge is 0.377 e. The molecular weight excluding hydrogens is 254 g/mol. The Labute approximate surface area is 121 Å². The van der Waals surface area contributed by atoms with Crippen molar-refractivity contribution in [2.45, 2.75) is 52.7 Å². The van der Waals surface area contributed by atoms with Crippen molar-refractivity contribution >= 4 is 11.6 Å². The zero-order valence-corrected chi connectivity index (χ0v) is 13.0. The van der Waals surface area contributed by atoms with Gasteiger partial charge in [-0.2, -0.15) is 0 Å². The molecule has 20 heavy (non-hydrogen) atoms. The summed E-state index contributed by atoms with van der Waals surface area (Å²) in [4.78, 5) is 11.2. The molecule has 0 bridgehead atoms. The predicted molar refractivity (Wildman–Crippen MR) is 82.6 cm³/mol. The van der Waals surface area contributed by atoms with Crippen LogP contribution in [-0.4, -0.2) is 29.7 Å². The van der Waals surface area contributed by atoms with Crippen LogP contribution in [0.5, 0.6) is 0 Å². The normalized spacial score (nSPS) is 12.2. The smallest absolute Gasteiger partial charge is 0.158 e. The quantitative estimate of drug-likeness (QED) is 0.534. The maximum Gasteiger partial charge on any atom is 0.158 e. The molecule has 6 nitrogen and oxygen atoms in total. The Bertz CT molecular complexity index is 399. The average Bonchev–Trinajstić information content (AvgIpc) is 2.47. The van der Waals surface area contributed by atoms with E-state index in [4.69, 9.17) is 10.6 Å². The van der Waals surface area contributed by atoms with Crippen LogP contribution < -0.4 is 16.2 Å². The van der Waals surface area contributed by atoms with E-state index in [0.717, 1.165) is 31.6 Å². The van der Waals surface area contributed by atoms with Crippen LogP contribution in [0.15, 0.2) is 6.07 Å². The van der Waals surface area contributed by atoms with E-state index < -0.39 is 0 Å². The van der Waals surface area contributed by atoms with Crippen LogP contribution in [0.25, 0.3) is 0 Å². The molecule has 0 radical (unpaired) electrons. The number of rotatable bonds is 9. The third-order valence-electron chi connectivity index (χ3n) is 3.35. The van der Waals surface area contributed by atoms with E-state index in [1.54, 1.807) is 7.11 Å². The van der Waals surface area contributed by atoms with E-state index in [-0.39, 0.29) is 0 Å². The van der Waals surface area contributed by atoms with Gasteiger partial charge in [-0.15, -0.1) is 0 Å². The third-order valence-corrected chi connectivity index (χ3v) is 3.35. The third kappa shape index (κ3) is 4.61. The van der Waals surface area contributed by atoms with Gasteiger partial charge in [-0.3, -0.25) is 0 Å². The highest BCUT2D eigenvalue weighted by atomic mass is 16.5. The van der Waals surface area contributed by atoms with Gasteiger partial charge in [-0.25, -0.2) is 15.8 Å². The lowest BCUT2D eigenvalue weighted by atomic mass is 10.2. The molecule has 0 spiro atoms. The van der Waals surface area contributed by atoms with Crippen LogP contribution in [0.4, 0.5) is 11.6 Å². The first-order valence-corrected chi connectivity index (χ1v) is 7.26. The summed E-state index contributed by atoms with van der Waals surface area (Å²) in [6.07, 6.45) is 3.36. The molecule has 1 atom stereocenters. The first kappa shape index (κ1) is 16.7. The zero-order chi connectivity index (χ0) is 15.0. The minimum absolute atomic E-state index is 0.380. The predicted octanol–water partition coefficient (Wildman–Crippen LogP) is 2.31. The molecule has 1 heterocycles. The molecule has 6 heteroatoms. The molecule has 0 aliphatic rings. The number of methoxy groups -OCH3 is 1. The van der Waals surface area contributed by atoms with Crippen molar-refractivity contribution in [3.05, 3.63) is 11.9 Å². The van der Waals surface area contributed by atoms with Crippen molar-refractivity contribution in [1.29, 1.82) is 0 Å². The molecular formula is C14H27N5O. The second kappa shape index (κ2) is 8.71. The van der Waals surface area contributed by atoms with Crippen LogP contribution in [0.3, 0.4) is 0 Å². The van der Waals surface area contributed by atoms with Gasteiger partial charge in [0.2, 0.25) is 0 Å². The number of unbranched alkanes of at least 4 members (excludes halogenated alkanes) is 1. The Morgan fingerprint density at radius 3 is 2.70 bits per heavy atom. The highest BCUT2D eigenvalue weighted by Crippen LogP contribution is 2.20. The Hall–Kier alpha value is -1.40.